The topological polar surface area (TPSA) is 0 Å². The maximum absolute atomic E-state index is 12.7. The van der Waals surface area contributed by atoms with Crippen LogP contribution in [0, 0.1) is 5.82 Å². The SMILES string of the molecule is C[C@]1(c2ccc(F)cc2)C=CCC1. The maximum Gasteiger partial charge on any atom is 0.123 e. The lowest BCUT2D eigenvalue weighted by Crippen LogP contribution is -2.15. The van der Waals surface area contributed by atoms with Gasteiger partial charge in [-0.3, -0.25) is 0 Å². The van der Waals surface area contributed by atoms with E-state index < -0.39 is 0 Å². The molecule has 13 heavy (non-hydrogen) atoms. The first-order valence-corrected chi connectivity index (χ1v) is 4.64. The average Bonchev–Trinajstić information content (AvgIpc) is 2.54. The van der Waals surface area contributed by atoms with Gasteiger partial charge in [-0.1, -0.05) is 31.2 Å². The smallest absolute Gasteiger partial charge is 0.123 e. The normalized spacial score (nSPS) is 26.6. The van der Waals surface area contributed by atoms with E-state index in [-0.39, 0.29) is 11.2 Å². The van der Waals surface area contributed by atoms with E-state index in [0.717, 1.165) is 12.8 Å². The summed E-state index contributed by atoms with van der Waals surface area (Å²) in [4.78, 5) is 0. The summed E-state index contributed by atoms with van der Waals surface area (Å²) in [6, 6.07) is 6.83. The van der Waals surface area contributed by atoms with Crippen molar-refractivity contribution < 1.29 is 4.39 Å². The van der Waals surface area contributed by atoms with Crippen molar-refractivity contribution in [3.63, 3.8) is 0 Å². The van der Waals surface area contributed by atoms with E-state index in [1.165, 1.54) is 17.7 Å². The van der Waals surface area contributed by atoms with Gasteiger partial charge in [0.1, 0.15) is 5.82 Å². The standard InChI is InChI=1S/C12H13F/c1-12(8-2-3-9-12)10-4-6-11(13)7-5-10/h2,4-8H,3,9H2,1H3/t12-/m0/s1. The Morgan fingerprint density at radius 2 is 1.92 bits per heavy atom. The Kier molecular flexibility index (Phi) is 1.95. The molecule has 0 heterocycles. The molecule has 0 spiro atoms. The quantitative estimate of drug-likeness (QED) is 0.575. The molecule has 1 aromatic rings. The first-order valence-electron chi connectivity index (χ1n) is 4.64. The predicted molar refractivity (Wildman–Crippen MR) is 52.1 cm³/mol. The second kappa shape index (κ2) is 2.99. The molecule has 1 aliphatic rings. The van der Waals surface area contributed by atoms with E-state index in [9.17, 15) is 4.39 Å². The van der Waals surface area contributed by atoms with E-state index in [1.807, 2.05) is 12.1 Å². The molecule has 0 amide bonds. The van der Waals surface area contributed by atoms with Crippen LogP contribution in [0.3, 0.4) is 0 Å². The number of allylic oxidation sites excluding steroid dienone is 2. The van der Waals surface area contributed by atoms with E-state index >= 15 is 0 Å². The highest BCUT2D eigenvalue weighted by molar-refractivity contribution is 5.32. The summed E-state index contributed by atoms with van der Waals surface area (Å²) in [5.41, 5.74) is 1.34. The zero-order chi connectivity index (χ0) is 9.31. The van der Waals surface area contributed by atoms with Crippen LogP contribution in [0.1, 0.15) is 25.3 Å². The molecule has 1 aromatic carbocycles. The van der Waals surface area contributed by atoms with Gasteiger partial charge in [0.25, 0.3) is 0 Å². The summed E-state index contributed by atoms with van der Waals surface area (Å²) in [6.07, 6.45) is 6.69. The Hall–Kier alpha value is -1.11. The molecule has 2 rings (SSSR count). The lowest BCUT2D eigenvalue weighted by Gasteiger charge is -2.22. The first-order chi connectivity index (χ1) is 6.21. The summed E-state index contributed by atoms with van der Waals surface area (Å²) in [6.45, 7) is 2.20. The predicted octanol–water partition coefficient (Wildman–Crippen LogP) is 3.43. The molecule has 1 heteroatoms. The van der Waals surface area contributed by atoms with E-state index in [2.05, 4.69) is 19.1 Å². The van der Waals surface area contributed by atoms with Crippen molar-refractivity contribution in [2.45, 2.75) is 25.2 Å². The summed E-state index contributed by atoms with van der Waals surface area (Å²) in [7, 11) is 0. The van der Waals surface area contributed by atoms with Crippen molar-refractivity contribution in [1.29, 1.82) is 0 Å². The summed E-state index contributed by atoms with van der Waals surface area (Å²) >= 11 is 0. The fraction of sp³-hybridized carbons (Fsp3) is 0.333. The fourth-order valence-electron chi connectivity index (χ4n) is 1.88. The van der Waals surface area contributed by atoms with Crippen molar-refractivity contribution in [2.24, 2.45) is 0 Å². The van der Waals surface area contributed by atoms with Gasteiger partial charge in [0.05, 0.1) is 0 Å². The molecular weight excluding hydrogens is 163 g/mol. The van der Waals surface area contributed by atoms with Gasteiger partial charge >= 0.3 is 0 Å². The van der Waals surface area contributed by atoms with Gasteiger partial charge in [-0.2, -0.15) is 0 Å². The van der Waals surface area contributed by atoms with E-state index in [1.54, 1.807) is 0 Å². The third-order valence-electron chi connectivity index (χ3n) is 2.82. The van der Waals surface area contributed by atoms with Crippen molar-refractivity contribution in [3.8, 4) is 0 Å². The number of rotatable bonds is 1. The Labute approximate surface area is 78.1 Å². The highest BCUT2D eigenvalue weighted by atomic mass is 19.1. The minimum Gasteiger partial charge on any atom is -0.207 e. The van der Waals surface area contributed by atoms with Crippen LogP contribution in [0.15, 0.2) is 36.4 Å². The van der Waals surface area contributed by atoms with Gasteiger partial charge in [0, 0.05) is 5.41 Å². The number of hydrogen-bond donors (Lipinski definition) is 0. The molecule has 0 saturated carbocycles. The molecule has 0 bridgehead atoms. The van der Waals surface area contributed by atoms with Gasteiger partial charge in [0.2, 0.25) is 0 Å². The molecule has 0 aliphatic heterocycles. The van der Waals surface area contributed by atoms with Crippen LogP contribution in [-0.4, -0.2) is 0 Å². The average molecular weight is 176 g/mol. The Bertz CT molecular complexity index is 323. The molecular formula is C12H13F. The van der Waals surface area contributed by atoms with Crippen molar-refractivity contribution >= 4 is 0 Å². The number of benzene rings is 1. The summed E-state index contributed by atoms with van der Waals surface area (Å²) in [5, 5.41) is 0. The Balaban J connectivity index is 2.35. The molecule has 0 N–H and O–H groups in total. The van der Waals surface area contributed by atoms with Crippen LogP contribution in [0.5, 0.6) is 0 Å². The lowest BCUT2D eigenvalue weighted by molar-refractivity contribution is 0.574. The molecule has 0 unspecified atom stereocenters. The van der Waals surface area contributed by atoms with Crippen LogP contribution in [0.2, 0.25) is 0 Å². The van der Waals surface area contributed by atoms with Gasteiger partial charge in [-0.25, -0.2) is 4.39 Å². The molecule has 0 nitrogen and oxygen atoms in total. The fourth-order valence-corrected chi connectivity index (χ4v) is 1.88. The summed E-state index contributed by atoms with van der Waals surface area (Å²) in [5.74, 6) is -0.158. The van der Waals surface area contributed by atoms with E-state index in [0.29, 0.717) is 0 Å². The zero-order valence-corrected chi connectivity index (χ0v) is 7.76. The molecule has 1 aliphatic carbocycles. The molecule has 68 valence electrons. The van der Waals surface area contributed by atoms with Crippen LogP contribution in [0.25, 0.3) is 0 Å². The molecule has 0 fully saturated rings. The highest BCUT2D eigenvalue weighted by Crippen LogP contribution is 2.35. The summed E-state index contributed by atoms with van der Waals surface area (Å²) < 4.78 is 12.7. The third-order valence-corrected chi connectivity index (χ3v) is 2.82. The maximum atomic E-state index is 12.7. The molecule has 0 saturated heterocycles. The first kappa shape index (κ1) is 8.49. The molecule has 1 atom stereocenters. The minimum absolute atomic E-state index is 0.133. The molecule has 0 aromatic heterocycles. The lowest BCUT2D eigenvalue weighted by atomic mass is 9.82. The van der Waals surface area contributed by atoms with Crippen molar-refractivity contribution in [3.05, 3.63) is 47.8 Å². The van der Waals surface area contributed by atoms with Crippen molar-refractivity contribution in [1.82, 2.24) is 0 Å². The highest BCUT2D eigenvalue weighted by Gasteiger charge is 2.25. The Morgan fingerprint density at radius 1 is 1.23 bits per heavy atom. The van der Waals surface area contributed by atoms with Crippen LogP contribution in [-0.2, 0) is 5.41 Å². The van der Waals surface area contributed by atoms with Crippen LogP contribution >= 0.6 is 0 Å². The van der Waals surface area contributed by atoms with Gasteiger partial charge in [-0.05, 0) is 30.5 Å². The minimum atomic E-state index is -0.158. The number of hydrogen-bond acceptors (Lipinski definition) is 0. The van der Waals surface area contributed by atoms with E-state index in [4.69, 9.17) is 0 Å². The number of halogens is 1. The zero-order valence-electron chi connectivity index (χ0n) is 7.76. The van der Waals surface area contributed by atoms with Gasteiger partial charge in [-0.15, -0.1) is 0 Å². The second-order valence-electron chi connectivity index (χ2n) is 3.87. The largest absolute Gasteiger partial charge is 0.207 e. The second-order valence-corrected chi connectivity index (χ2v) is 3.87. The van der Waals surface area contributed by atoms with Gasteiger partial charge in [0.15, 0.2) is 0 Å². The monoisotopic (exact) mass is 176 g/mol. The van der Waals surface area contributed by atoms with Gasteiger partial charge < -0.3 is 0 Å². The van der Waals surface area contributed by atoms with Crippen LogP contribution in [0.4, 0.5) is 4.39 Å². The molecule has 0 radical (unpaired) electrons. The van der Waals surface area contributed by atoms with Crippen molar-refractivity contribution in [2.75, 3.05) is 0 Å². The third kappa shape index (κ3) is 1.51. The Morgan fingerprint density at radius 3 is 2.46 bits per heavy atom. The van der Waals surface area contributed by atoms with Crippen LogP contribution < -0.4 is 0 Å².